The minimum absolute atomic E-state index is 0.378. The van der Waals surface area contributed by atoms with Gasteiger partial charge in [-0.05, 0) is 12.0 Å². The molecular weight excluding hydrogens is 214 g/mol. The van der Waals surface area contributed by atoms with Crippen molar-refractivity contribution in [3.05, 3.63) is 29.2 Å². The maximum Gasteiger partial charge on any atom is 0.164 e. The monoisotopic (exact) mass is 225 g/mol. The van der Waals surface area contributed by atoms with E-state index in [1.807, 2.05) is 19.4 Å². The first-order valence-electron chi connectivity index (χ1n) is 4.61. The van der Waals surface area contributed by atoms with Gasteiger partial charge in [-0.3, -0.25) is 9.36 Å². The van der Waals surface area contributed by atoms with Gasteiger partial charge in [0, 0.05) is 26.0 Å². The van der Waals surface area contributed by atoms with Gasteiger partial charge in [-0.25, -0.2) is 0 Å². The van der Waals surface area contributed by atoms with Crippen molar-refractivity contribution >= 4 is 17.4 Å². The minimum atomic E-state index is 0.378. The van der Waals surface area contributed by atoms with E-state index in [0.29, 0.717) is 10.8 Å². The highest BCUT2D eigenvalue weighted by molar-refractivity contribution is 6.32. The van der Waals surface area contributed by atoms with Crippen molar-refractivity contribution in [1.82, 2.24) is 19.6 Å². The standard InChI is InChI=1S/C9H12ClN5/c1-14-5-7(4-12-14)2-3-15-6-8(10)9(11)13-15/h4-6H,2-3H2,1H3,(H2,11,13). The number of nitrogen functional groups attached to an aromatic ring is 1. The number of nitrogens with zero attached hydrogens (tertiary/aromatic N) is 4. The Labute approximate surface area is 92.4 Å². The van der Waals surface area contributed by atoms with Gasteiger partial charge in [0.2, 0.25) is 0 Å². The second-order valence-corrected chi connectivity index (χ2v) is 3.80. The van der Waals surface area contributed by atoms with Crippen LogP contribution in [0.5, 0.6) is 0 Å². The summed E-state index contributed by atoms with van der Waals surface area (Å²) in [5, 5.41) is 8.66. The van der Waals surface area contributed by atoms with Crippen molar-refractivity contribution in [1.29, 1.82) is 0 Å². The molecule has 0 atom stereocenters. The van der Waals surface area contributed by atoms with Crippen molar-refractivity contribution in [2.75, 3.05) is 5.73 Å². The summed E-state index contributed by atoms with van der Waals surface area (Å²) in [6, 6.07) is 0. The third kappa shape index (κ3) is 2.30. The van der Waals surface area contributed by atoms with Crippen molar-refractivity contribution in [2.45, 2.75) is 13.0 Å². The Morgan fingerprint density at radius 2 is 2.27 bits per heavy atom. The smallest absolute Gasteiger partial charge is 0.164 e. The topological polar surface area (TPSA) is 61.7 Å². The summed E-state index contributed by atoms with van der Waals surface area (Å²) in [7, 11) is 1.90. The van der Waals surface area contributed by atoms with Crippen molar-refractivity contribution in [2.24, 2.45) is 7.05 Å². The van der Waals surface area contributed by atoms with Gasteiger partial charge in [-0.15, -0.1) is 0 Å². The average molecular weight is 226 g/mol. The third-order valence-electron chi connectivity index (χ3n) is 2.13. The molecule has 0 aliphatic carbocycles. The summed E-state index contributed by atoms with van der Waals surface area (Å²) in [6.07, 6.45) is 6.42. The van der Waals surface area contributed by atoms with Crippen LogP contribution < -0.4 is 5.73 Å². The number of hydrogen-bond acceptors (Lipinski definition) is 3. The van der Waals surface area contributed by atoms with Crippen LogP contribution in [0.15, 0.2) is 18.6 Å². The number of hydrogen-bond donors (Lipinski definition) is 1. The lowest BCUT2D eigenvalue weighted by atomic mass is 10.2. The van der Waals surface area contributed by atoms with Crippen LogP contribution in [0.25, 0.3) is 0 Å². The van der Waals surface area contributed by atoms with E-state index in [-0.39, 0.29) is 0 Å². The molecular formula is C9H12ClN5. The highest BCUT2D eigenvalue weighted by atomic mass is 35.5. The summed E-state index contributed by atoms with van der Waals surface area (Å²) < 4.78 is 3.52. The maximum absolute atomic E-state index is 5.79. The molecule has 2 heterocycles. The molecule has 0 saturated heterocycles. The minimum Gasteiger partial charge on any atom is -0.381 e. The van der Waals surface area contributed by atoms with Gasteiger partial charge in [0.15, 0.2) is 5.82 Å². The number of rotatable bonds is 3. The highest BCUT2D eigenvalue weighted by Gasteiger charge is 2.03. The molecule has 0 aromatic carbocycles. The van der Waals surface area contributed by atoms with Crippen molar-refractivity contribution < 1.29 is 0 Å². The van der Waals surface area contributed by atoms with E-state index >= 15 is 0 Å². The quantitative estimate of drug-likeness (QED) is 0.851. The van der Waals surface area contributed by atoms with E-state index in [2.05, 4.69) is 10.2 Å². The van der Waals surface area contributed by atoms with Crippen LogP contribution in [0, 0.1) is 0 Å². The van der Waals surface area contributed by atoms with E-state index in [0.717, 1.165) is 13.0 Å². The third-order valence-corrected chi connectivity index (χ3v) is 2.42. The fourth-order valence-corrected chi connectivity index (χ4v) is 1.52. The van der Waals surface area contributed by atoms with Gasteiger partial charge in [-0.2, -0.15) is 10.2 Å². The second-order valence-electron chi connectivity index (χ2n) is 3.40. The van der Waals surface area contributed by atoms with Crippen LogP contribution in [0.1, 0.15) is 5.56 Å². The molecule has 0 aliphatic rings. The molecule has 15 heavy (non-hydrogen) atoms. The Bertz CT molecular complexity index is 439. The molecule has 0 amide bonds. The van der Waals surface area contributed by atoms with Crippen molar-refractivity contribution in [3.8, 4) is 0 Å². The van der Waals surface area contributed by atoms with Crippen LogP contribution in [0.3, 0.4) is 0 Å². The van der Waals surface area contributed by atoms with E-state index < -0.39 is 0 Å². The second kappa shape index (κ2) is 3.94. The predicted octanol–water partition coefficient (Wildman–Crippen LogP) is 1.09. The molecule has 0 spiro atoms. The SMILES string of the molecule is Cn1cc(CCn2cc(Cl)c(N)n2)cn1. The van der Waals surface area contributed by atoms with E-state index in [1.165, 1.54) is 5.56 Å². The predicted molar refractivity (Wildman–Crippen MR) is 58.6 cm³/mol. The molecule has 80 valence electrons. The summed E-state index contributed by atoms with van der Waals surface area (Å²) in [6.45, 7) is 0.753. The fraction of sp³-hybridized carbons (Fsp3) is 0.333. The molecule has 0 bridgehead atoms. The lowest BCUT2D eigenvalue weighted by Crippen LogP contribution is -2.02. The van der Waals surface area contributed by atoms with Gasteiger partial charge < -0.3 is 5.73 Å². The molecule has 0 fully saturated rings. The first-order chi connectivity index (χ1) is 7.15. The van der Waals surface area contributed by atoms with E-state index in [4.69, 9.17) is 17.3 Å². The number of aromatic nitrogens is 4. The number of aryl methyl sites for hydroxylation is 3. The lowest BCUT2D eigenvalue weighted by molar-refractivity contribution is 0.617. The van der Waals surface area contributed by atoms with Gasteiger partial charge in [0.25, 0.3) is 0 Å². The number of halogens is 1. The lowest BCUT2D eigenvalue weighted by Gasteiger charge is -1.97. The Balaban J connectivity index is 1.99. The van der Waals surface area contributed by atoms with Crippen LogP contribution in [-0.2, 0) is 20.0 Å². The molecule has 5 nitrogen and oxygen atoms in total. The zero-order valence-electron chi connectivity index (χ0n) is 8.39. The first-order valence-corrected chi connectivity index (χ1v) is 4.99. The summed E-state index contributed by atoms with van der Waals surface area (Å²) in [5.74, 6) is 0.378. The maximum atomic E-state index is 5.79. The van der Waals surface area contributed by atoms with E-state index in [9.17, 15) is 0 Å². The largest absolute Gasteiger partial charge is 0.381 e. The zero-order chi connectivity index (χ0) is 10.8. The Morgan fingerprint density at radius 1 is 1.47 bits per heavy atom. The Kier molecular flexibility index (Phi) is 2.64. The Morgan fingerprint density at radius 3 is 2.80 bits per heavy atom. The first kappa shape index (κ1) is 10.0. The van der Waals surface area contributed by atoms with Gasteiger partial charge in [0.1, 0.15) is 5.02 Å². The van der Waals surface area contributed by atoms with Crippen molar-refractivity contribution in [3.63, 3.8) is 0 Å². The summed E-state index contributed by atoms with van der Waals surface area (Å²) in [5.41, 5.74) is 6.70. The van der Waals surface area contributed by atoms with Gasteiger partial charge >= 0.3 is 0 Å². The number of nitrogens with two attached hydrogens (primary N) is 1. The molecule has 2 rings (SSSR count). The molecule has 0 radical (unpaired) electrons. The van der Waals surface area contributed by atoms with Crippen LogP contribution in [0.2, 0.25) is 5.02 Å². The molecule has 0 unspecified atom stereocenters. The normalized spacial score (nSPS) is 10.8. The Hall–Kier alpha value is -1.49. The fourth-order valence-electron chi connectivity index (χ4n) is 1.37. The van der Waals surface area contributed by atoms with Crippen LogP contribution in [-0.4, -0.2) is 19.6 Å². The molecule has 0 saturated carbocycles. The van der Waals surface area contributed by atoms with E-state index in [1.54, 1.807) is 15.6 Å². The highest BCUT2D eigenvalue weighted by Crippen LogP contribution is 2.15. The molecule has 0 aliphatic heterocycles. The van der Waals surface area contributed by atoms with Crippen LogP contribution in [0.4, 0.5) is 5.82 Å². The molecule has 2 aromatic rings. The summed E-state index contributed by atoms with van der Waals surface area (Å²) >= 11 is 5.79. The zero-order valence-corrected chi connectivity index (χ0v) is 9.15. The summed E-state index contributed by atoms with van der Waals surface area (Å²) in [4.78, 5) is 0. The van der Waals surface area contributed by atoms with Crippen LogP contribution >= 0.6 is 11.6 Å². The number of anilines is 1. The molecule has 2 N–H and O–H groups in total. The van der Waals surface area contributed by atoms with Gasteiger partial charge in [-0.1, -0.05) is 11.6 Å². The van der Waals surface area contributed by atoms with Gasteiger partial charge in [0.05, 0.1) is 6.20 Å². The molecule has 6 heteroatoms. The average Bonchev–Trinajstić information content (AvgIpc) is 2.72. The molecule has 2 aromatic heterocycles.